The van der Waals surface area contributed by atoms with E-state index < -0.39 is 21.9 Å². The van der Waals surface area contributed by atoms with Gasteiger partial charge < -0.3 is 20.2 Å². The van der Waals surface area contributed by atoms with Crippen LogP contribution >= 0.6 is 0 Å². The average molecular weight is 551 g/mol. The Morgan fingerprint density at radius 3 is 2.34 bits per heavy atom. The number of benzene rings is 1. The molecule has 0 atom stereocenters. The van der Waals surface area contributed by atoms with Gasteiger partial charge in [-0.05, 0) is 55.4 Å². The van der Waals surface area contributed by atoms with E-state index in [1.54, 1.807) is 4.90 Å². The fraction of sp³-hybridized carbons (Fsp3) is 0.560. The molecule has 1 saturated carbocycles. The number of sulfonamides is 1. The molecular weight excluding hydrogens is 518 g/mol. The molecule has 1 amide bonds. The van der Waals surface area contributed by atoms with E-state index >= 15 is 0 Å². The van der Waals surface area contributed by atoms with Crippen LogP contribution in [0.5, 0.6) is 0 Å². The third kappa shape index (κ3) is 5.89. The van der Waals surface area contributed by atoms with Gasteiger partial charge in [0.25, 0.3) is 11.8 Å². The van der Waals surface area contributed by atoms with Crippen LogP contribution < -0.4 is 19.8 Å². The maximum absolute atomic E-state index is 13.6. The van der Waals surface area contributed by atoms with Crippen molar-refractivity contribution in [3.63, 3.8) is 0 Å². The molecule has 1 aromatic heterocycles. The van der Waals surface area contributed by atoms with Crippen molar-refractivity contribution in [3.8, 4) is 0 Å². The summed E-state index contributed by atoms with van der Waals surface area (Å²) in [5.74, 6) is -2.67. The van der Waals surface area contributed by atoms with Gasteiger partial charge in [-0.1, -0.05) is 0 Å². The number of nitrogens with one attached hydrogen (secondary N) is 2. The van der Waals surface area contributed by atoms with Crippen LogP contribution in [0.3, 0.4) is 0 Å². The van der Waals surface area contributed by atoms with E-state index in [0.29, 0.717) is 29.8 Å². The number of carbonyl (C=O) groups is 1. The van der Waals surface area contributed by atoms with Crippen LogP contribution in [-0.2, 0) is 10.0 Å². The number of anilines is 3. The molecule has 0 unspecified atom stereocenters. The van der Waals surface area contributed by atoms with Crippen LogP contribution in [-0.4, -0.2) is 74.7 Å². The highest BCUT2D eigenvalue weighted by molar-refractivity contribution is 7.89. The Labute approximate surface area is 220 Å². The quantitative estimate of drug-likeness (QED) is 0.458. The summed E-state index contributed by atoms with van der Waals surface area (Å²) < 4.78 is 54.9. The molecule has 3 N–H and O–H groups in total. The predicted octanol–water partition coefficient (Wildman–Crippen LogP) is 2.62. The maximum atomic E-state index is 13.6. The highest BCUT2D eigenvalue weighted by atomic mass is 32.2. The summed E-state index contributed by atoms with van der Waals surface area (Å²) in [7, 11) is -3.87. The molecule has 5 rings (SSSR count). The SMILES string of the molecule is O=C(Nc1ccnc(N2CCC(F)(F)CC2)n1)c1ccc(S(=O)(=O)NCCO)cc1N1CCC2(CC1)CC2. The molecule has 10 nitrogen and oxygen atoms in total. The summed E-state index contributed by atoms with van der Waals surface area (Å²) in [6.07, 6.45) is 5.28. The number of nitrogens with zero attached hydrogens (tertiary/aromatic N) is 4. The van der Waals surface area contributed by atoms with Crippen LogP contribution in [0.4, 0.5) is 26.2 Å². The van der Waals surface area contributed by atoms with Crippen LogP contribution in [0.15, 0.2) is 35.4 Å². The molecule has 1 aliphatic carbocycles. The molecule has 206 valence electrons. The lowest BCUT2D eigenvalue weighted by Crippen LogP contribution is -2.40. The Bertz CT molecular complexity index is 1280. The normalized spacial score (nSPS) is 20.4. The maximum Gasteiger partial charge on any atom is 0.258 e. The van der Waals surface area contributed by atoms with Crippen LogP contribution in [0.2, 0.25) is 0 Å². The third-order valence-electron chi connectivity index (χ3n) is 7.71. The summed E-state index contributed by atoms with van der Waals surface area (Å²) in [5.41, 5.74) is 1.20. The molecule has 2 aromatic rings. The molecule has 3 aliphatic rings. The van der Waals surface area contributed by atoms with Crippen LogP contribution in [0.25, 0.3) is 0 Å². The molecule has 2 aliphatic heterocycles. The zero-order valence-electron chi connectivity index (χ0n) is 21.0. The molecule has 3 heterocycles. The van der Waals surface area contributed by atoms with E-state index in [1.165, 1.54) is 43.3 Å². The summed E-state index contributed by atoms with van der Waals surface area (Å²) in [5, 5.41) is 11.8. The van der Waals surface area contributed by atoms with E-state index in [0.717, 1.165) is 12.8 Å². The Morgan fingerprint density at radius 2 is 1.68 bits per heavy atom. The first kappa shape index (κ1) is 26.7. The number of aliphatic hydroxyl groups is 1. The number of halogens is 2. The fourth-order valence-electron chi connectivity index (χ4n) is 5.08. The summed E-state index contributed by atoms with van der Waals surface area (Å²) in [6.45, 7) is 1.21. The molecule has 2 saturated heterocycles. The number of carbonyl (C=O) groups excluding carboxylic acids is 1. The number of rotatable bonds is 8. The van der Waals surface area contributed by atoms with Crippen molar-refractivity contribution in [3.05, 3.63) is 36.0 Å². The predicted molar refractivity (Wildman–Crippen MR) is 138 cm³/mol. The molecule has 1 aromatic carbocycles. The Kier molecular flexibility index (Phi) is 7.27. The first-order valence-corrected chi connectivity index (χ1v) is 14.3. The Balaban J connectivity index is 1.38. The van der Waals surface area contributed by atoms with Crippen molar-refractivity contribution in [1.29, 1.82) is 0 Å². The molecule has 0 bridgehead atoms. The minimum atomic E-state index is -3.87. The number of alkyl halides is 2. The monoisotopic (exact) mass is 550 g/mol. The molecule has 1 spiro atoms. The first-order valence-electron chi connectivity index (χ1n) is 12.9. The summed E-state index contributed by atoms with van der Waals surface area (Å²) >= 11 is 0. The van der Waals surface area contributed by atoms with Crippen molar-refractivity contribution in [2.75, 3.05) is 54.4 Å². The topological polar surface area (TPSA) is 128 Å². The van der Waals surface area contributed by atoms with Gasteiger partial charge in [-0.3, -0.25) is 4.79 Å². The third-order valence-corrected chi connectivity index (χ3v) is 9.17. The number of aliphatic hydroxyl groups excluding tert-OH is 1. The van der Waals surface area contributed by atoms with Gasteiger partial charge in [-0.15, -0.1) is 0 Å². The lowest BCUT2D eigenvalue weighted by molar-refractivity contribution is -0.0222. The van der Waals surface area contributed by atoms with Gasteiger partial charge in [0.1, 0.15) is 5.82 Å². The number of piperidine rings is 2. The fourth-order valence-corrected chi connectivity index (χ4v) is 6.12. The first-order chi connectivity index (χ1) is 18.1. The van der Waals surface area contributed by atoms with E-state index in [-0.39, 0.29) is 55.7 Å². The van der Waals surface area contributed by atoms with Gasteiger partial charge in [0.2, 0.25) is 16.0 Å². The molecule has 13 heteroatoms. The van der Waals surface area contributed by atoms with Crippen molar-refractivity contribution >= 4 is 33.4 Å². The Morgan fingerprint density at radius 1 is 1.00 bits per heavy atom. The second-order valence-corrected chi connectivity index (χ2v) is 12.1. The molecule has 3 fully saturated rings. The molecule has 38 heavy (non-hydrogen) atoms. The van der Waals surface area contributed by atoms with Crippen molar-refractivity contribution in [2.45, 2.75) is 49.3 Å². The van der Waals surface area contributed by atoms with E-state index in [4.69, 9.17) is 5.11 Å². The largest absolute Gasteiger partial charge is 0.395 e. The van der Waals surface area contributed by atoms with Crippen LogP contribution in [0, 0.1) is 5.41 Å². The van der Waals surface area contributed by atoms with E-state index in [2.05, 4.69) is 20.0 Å². The van der Waals surface area contributed by atoms with Gasteiger partial charge in [0.15, 0.2) is 0 Å². The van der Waals surface area contributed by atoms with Gasteiger partial charge in [0.05, 0.1) is 22.8 Å². The second kappa shape index (κ2) is 10.3. The summed E-state index contributed by atoms with van der Waals surface area (Å²) in [4.78, 5) is 25.7. The number of hydrogen-bond donors (Lipinski definition) is 3. The average Bonchev–Trinajstić information content (AvgIpc) is 3.66. The van der Waals surface area contributed by atoms with Gasteiger partial charge in [0, 0.05) is 51.8 Å². The number of amides is 1. The highest BCUT2D eigenvalue weighted by Crippen LogP contribution is 2.54. The van der Waals surface area contributed by atoms with Gasteiger partial charge in [-0.25, -0.2) is 26.9 Å². The molecule has 0 radical (unpaired) electrons. The lowest BCUT2D eigenvalue weighted by atomic mass is 9.93. The highest BCUT2D eigenvalue weighted by Gasteiger charge is 2.44. The smallest absolute Gasteiger partial charge is 0.258 e. The van der Waals surface area contributed by atoms with E-state index in [1.807, 2.05) is 4.90 Å². The zero-order chi connectivity index (χ0) is 27.0. The minimum Gasteiger partial charge on any atom is -0.395 e. The zero-order valence-corrected chi connectivity index (χ0v) is 21.8. The van der Waals surface area contributed by atoms with Gasteiger partial charge in [-0.2, -0.15) is 4.98 Å². The minimum absolute atomic E-state index is 0.00966. The second-order valence-electron chi connectivity index (χ2n) is 10.3. The number of aromatic nitrogens is 2. The Hall–Kier alpha value is -2.90. The summed E-state index contributed by atoms with van der Waals surface area (Å²) in [6, 6.07) is 5.87. The van der Waals surface area contributed by atoms with Crippen molar-refractivity contribution < 1.29 is 27.1 Å². The number of hydrogen-bond acceptors (Lipinski definition) is 8. The van der Waals surface area contributed by atoms with Crippen molar-refractivity contribution in [2.24, 2.45) is 5.41 Å². The lowest BCUT2D eigenvalue weighted by Gasteiger charge is -2.35. The molecular formula is C25H32F2N6O4S. The van der Waals surface area contributed by atoms with E-state index in [9.17, 15) is 22.0 Å². The van der Waals surface area contributed by atoms with Gasteiger partial charge >= 0.3 is 0 Å². The van der Waals surface area contributed by atoms with Crippen molar-refractivity contribution in [1.82, 2.24) is 14.7 Å². The standard InChI is InChI=1S/C25H32F2N6O4S/c26-25(27)8-14-33(15-9-25)23-28-10-3-21(31-23)30-22(35)19-2-1-18(38(36,37)29-11-16-34)17-20(19)32-12-6-24(4-5-24)7-13-32/h1-3,10,17,29,34H,4-9,11-16H2,(H,28,30,31,35). The van der Waals surface area contributed by atoms with Crippen LogP contribution in [0.1, 0.15) is 48.9 Å².